The highest BCUT2D eigenvalue weighted by Gasteiger charge is 2.28. The molecule has 1 aliphatic carbocycles. The molecule has 0 spiro atoms. The van der Waals surface area contributed by atoms with E-state index >= 15 is 0 Å². The minimum atomic E-state index is 0.244. The van der Waals surface area contributed by atoms with Gasteiger partial charge in [0, 0.05) is 51.9 Å². The molecule has 128 valence electrons. The summed E-state index contributed by atoms with van der Waals surface area (Å²) in [6, 6.07) is 0.394. The molecule has 1 aliphatic heterocycles. The van der Waals surface area contributed by atoms with Gasteiger partial charge in [-0.15, -0.1) is 0 Å². The smallest absolute Gasteiger partial charge is 0.227 e. The van der Waals surface area contributed by atoms with Gasteiger partial charge in [-0.1, -0.05) is 0 Å². The SMILES string of the molecule is CN(C)c1nc2c(c(N3CCN(C)[C@H](CCO)C3)n1)CCCC2. The summed E-state index contributed by atoms with van der Waals surface area (Å²) < 4.78 is 0. The Balaban J connectivity index is 1.93. The molecule has 0 aromatic carbocycles. The normalized spacial score (nSPS) is 22.1. The second kappa shape index (κ2) is 7.01. The highest BCUT2D eigenvalue weighted by Crippen LogP contribution is 2.31. The van der Waals surface area contributed by atoms with E-state index in [2.05, 4.69) is 16.8 Å². The summed E-state index contributed by atoms with van der Waals surface area (Å²) in [5, 5.41) is 9.32. The van der Waals surface area contributed by atoms with Crippen molar-refractivity contribution in [3.63, 3.8) is 0 Å². The Morgan fingerprint density at radius 1 is 1.17 bits per heavy atom. The van der Waals surface area contributed by atoms with Gasteiger partial charge in [0.25, 0.3) is 0 Å². The second-order valence-electron chi connectivity index (χ2n) is 6.97. The van der Waals surface area contributed by atoms with Crippen molar-refractivity contribution in [2.24, 2.45) is 0 Å². The second-order valence-corrected chi connectivity index (χ2v) is 6.97. The molecule has 1 atom stereocenters. The highest BCUT2D eigenvalue weighted by molar-refractivity contribution is 5.54. The minimum Gasteiger partial charge on any atom is -0.396 e. The van der Waals surface area contributed by atoms with E-state index in [0.29, 0.717) is 6.04 Å². The lowest BCUT2D eigenvalue weighted by Gasteiger charge is -2.41. The van der Waals surface area contributed by atoms with Crippen LogP contribution in [0.3, 0.4) is 0 Å². The van der Waals surface area contributed by atoms with Crippen LogP contribution < -0.4 is 9.80 Å². The summed E-state index contributed by atoms with van der Waals surface area (Å²) in [4.78, 5) is 16.4. The first kappa shape index (κ1) is 16.5. The van der Waals surface area contributed by atoms with E-state index in [1.54, 1.807) is 0 Å². The molecule has 0 bridgehead atoms. The molecule has 1 aromatic rings. The maximum Gasteiger partial charge on any atom is 0.227 e. The third-order valence-corrected chi connectivity index (χ3v) is 5.09. The summed E-state index contributed by atoms with van der Waals surface area (Å²) >= 11 is 0. The van der Waals surface area contributed by atoms with E-state index in [9.17, 15) is 5.11 Å². The van der Waals surface area contributed by atoms with Crippen LogP contribution in [-0.4, -0.2) is 73.4 Å². The number of rotatable bonds is 4. The van der Waals surface area contributed by atoms with Gasteiger partial charge in [-0.25, -0.2) is 4.98 Å². The zero-order valence-corrected chi connectivity index (χ0v) is 14.6. The van der Waals surface area contributed by atoms with Gasteiger partial charge in [-0.05, 0) is 39.2 Å². The van der Waals surface area contributed by atoms with E-state index in [4.69, 9.17) is 9.97 Å². The standard InChI is InChI=1S/C17H29N5O/c1-20(2)17-18-15-7-5-4-6-14(15)16(19-17)22-10-9-21(3)13(12-22)8-11-23/h13,23H,4-12H2,1-3H3/t13-/m1/s1. The van der Waals surface area contributed by atoms with E-state index in [1.807, 2.05) is 19.0 Å². The van der Waals surface area contributed by atoms with Crippen molar-refractivity contribution in [3.8, 4) is 0 Å². The van der Waals surface area contributed by atoms with E-state index < -0.39 is 0 Å². The minimum absolute atomic E-state index is 0.244. The number of aromatic nitrogens is 2. The number of likely N-dealkylation sites (N-methyl/N-ethyl adjacent to an activating group) is 1. The molecule has 0 unspecified atom stereocenters. The molecule has 23 heavy (non-hydrogen) atoms. The van der Waals surface area contributed by atoms with Crippen molar-refractivity contribution in [1.29, 1.82) is 0 Å². The molecular formula is C17H29N5O. The summed E-state index contributed by atoms with van der Waals surface area (Å²) in [5.74, 6) is 1.95. The molecule has 1 N–H and O–H groups in total. The molecule has 1 saturated heterocycles. The largest absolute Gasteiger partial charge is 0.396 e. The van der Waals surface area contributed by atoms with Crippen molar-refractivity contribution in [2.45, 2.75) is 38.1 Å². The zero-order valence-electron chi connectivity index (χ0n) is 14.6. The quantitative estimate of drug-likeness (QED) is 0.891. The molecule has 6 nitrogen and oxygen atoms in total. The maximum atomic E-state index is 9.32. The number of hydrogen-bond donors (Lipinski definition) is 1. The third kappa shape index (κ3) is 3.43. The van der Waals surface area contributed by atoms with Crippen LogP contribution in [0, 0.1) is 0 Å². The first-order valence-corrected chi connectivity index (χ1v) is 8.73. The van der Waals surface area contributed by atoms with E-state index in [1.165, 1.54) is 24.1 Å². The lowest BCUT2D eigenvalue weighted by atomic mass is 9.95. The molecule has 6 heteroatoms. The molecule has 0 amide bonds. The van der Waals surface area contributed by atoms with Gasteiger partial charge in [-0.3, -0.25) is 4.90 Å². The fraction of sp³-hybridized carbons (Fsp3) is 0.765. The Hall–Kier alpha value is -1.40. The first-order chi connectivity index (χ1) is 11.1. The molecule has 2 aliphatic rings. The lowest BCUT2D eigenvalue weighted by molar-refractivity contribution is 0.170. The predicted molar refractivity (Wildman–Crippen MR) is 93.3 cm³/mol. The van der Waals surface area contributed by atoms with Gasteiger partial charge in [0.15, 0.2) is 0 Å². The van der Waals surface area contributed by atoms with E-state index in [0.717, 1.165) is 50.7 Å². The Morgan fingerprint density at radius 2 is 1.96 bits per heavy atom. The van der Waals surface area contributed by atoms with Crippen LogP contribution in [0.4, 0.5) is 11.8 Å². The van der Waals surface area contributed by atoms with Gasteiger partial charge in [0.05, 0.1) is 5.69 Å². The van der Waals surface area contributed by atoms with Crippen molar-refractivity contribution in [3.05, 3.63) is 11.3 Å². The number of nitrogens with zero attached hydrogens (tertiary/aromatic N) is 5. The fourth-order valence-electron chi connectivity index (χ4n) is 3.62. The Bertz CT molecular complexity index is 548. The van der Waals surface area contributed by atoms with Crippen LogP contribution in [0.1, 0.15) is 30.5 Å². The van der Waals surface area contributed by atoms with Crippen molar-refractivity contribution in [1.82, 2.24) is 14.9 Å². The summed E-state index contributed by atoms with van der Waals surface area (Å²) in [7, 11) is 6.16. The summed E-state index contributed by atoms with van der Waals surface area (Å²) in [6.07, 6.45) is 5.44. The summed E-state index contributed by atoms with van der Waals surface area (Å²) in [6.45, 7) is 3.19. The number of aryl methyl sites for hydroxylation is 1. The molecular weight excluding hydrogens is 290 g/mol. The van der Waals surface area contributed by atoms with E-state index in [-0.39, 0.29) is 6.61 Å². The van der Waals surface area contributed by atoms with Gasteiger partial charge in [-0.2, -0.15) is 4.98 Å². The Kier molecular flexibility index (Phi) is 5.02. The molecule has 0 radical (unpaired) electrons. The Morgan fingerprint density at radius 3 is 2.70 bits per heavy atom. The van der Waals surface area contributed by atoms with Crippen LogP contribution >= 0.6 is 0 Å². The van der Waals surface area contributed by atoms with Crippen LogP contribution in [0.5, 0.6) is 0 Å². The van der Waals surface area contributed by atoms with Crippen molar-refractivity contribution >= 4 is 11.8 Å². The van der Waals surface area contributed by atoms with Crippen molar-refractivity contribution < 1.29 is 5.11 Å². The van der Waals surface area contributed by atoms with Gasteiger partial charge in [0.1, 0.15) is 5.82 Å². The highest BCUT2D eigenvalue weighted by atomic mass is 16.3. The number of piperazine rings is 1. The maximum absolute atomic E-state index is 9.32. The number of aliphatic hydroxyl groups is 1. The monoisotopic (exact) mass is 319 g/mol. The number of aliphatic hydroxyl groups excluding tert-OH is 1. The van der Waals surface area contributed by atoms with Crippen molar-refractivity contribution in [2.75, 3.05) is 57.2 Å². The average molecular weight is 319 g/mol. The van der Waals surface area contributed by atoms with Crippen LogP contribution in [0.25, 0.3) is 0 Å². The third-order valence-electron chi connectivity index (χ3n) is 5.09. The molecule has 0 saturated carbocycles. The molecule has 1 aromatic heterocycles. The first-order valence-electron chi connectivity index (χ1n) is 8.73. The number of anilines is 2. The Labute approximate surface area is 139 Å². The zero-order chi connectivity index (χ0) is 16.4. The van der Waals surface area contributed by atoms with Gasteiger partial charge in [0.2, 0.25) is 5.95 Å². The van der Waals surface area contributed by atoms with Crippen LogP contribution in [0.15, 0.2) is 0 Å². The van der Waals surface area contributed by atoms with Crippen LogP contribution in [-0.2, 0) is 12.8 Å². The van der Waals surface area contributed by atoms with Gasteiger partial charge < -0.3 is 14.9 Å². The topological polar surface area (TPSA) is 55.7 Å². The van der Waals surface area contributed by atoms with Gasteiger partial charge >= 0.3 is 0 Å². The average Bonchev–Trinajstić information content (AvgIpc) is 2.56. The predicted octanol–water partition coefficient (Wildman–Crippen LogP) is 0.924. The summed E-state index contributed by atoms with van der Waals surface area (Å²) in [5.41, 5.74) is 2.59. The number of fused-ring (bicyclic) bond motifs is 1. The fourth-order valence-corrected chi connectivity index (χ4v) is 3.62. The van der Waals surface area contributed by atoms with Crippen LogP contribution in [0.2, 0.25) is 0 Å². The molecule has 3 rings (SSSR count). The number of hydrogen-bond acceptors (Lipinski definition) is 6. The molecule has 1 fully saturated rings. The molecule has 2 heterocycles. The lowest BCUT2D eigenvalue weighted by Crippen LogP contribution is -2.52.